The maximum atomic E-state index is 4.36. The minimum Gasteiger partial charge on any atom is -0.171 e. The van der Waals surface area contributed by atoms with Crippen LogP contribution in [-0.2, 0) is 0 Å². The Balaban J connectivity index is 3.50. The van der Waals surface area contributed by atoms with Crippen LogP contribution < -0.4 is 0 Å². The molecule has 1 heteroatoms. The average Bonchev–Trinajstić information content (AvgIpc) is 1.63. The van der Waals surface area contributed by atoms with Gasteiger partial charge in [0.1, 0.15) is 0 Å². The molecular weight excluding hydrogens is 128 g/mol. The van der Waals surface area contributed by atoms with Crippen molar-refractivity contribution in [1.82, 2.24) is 0 Å². The van der Waals surface area contributed by atoms with Crippen molar-refractivity contribution in [1.29, 1.82) is 0 Å². The van der Waals surface area contributed by atoms with Gasteiger partial charge in [-0.3, -0.25) is 0 Å². The summed E-state index contributed by atoms with van der Waals surface area (Å²) in [5.41, 5.74) is 1.17. The maximum absolute atomic E-state index is 4.36. The van der Waals surface area contributed by atoms with Crippen LogP contribution in [0.1, 0.15) is 27.2 Å². The molecular formula is C8H16S. The Morgan fingerprint density at radius 3 is 2.11 bits per heavy atom. The summed E-state index contributed by atoms with van der Waals surface area (Å²) < 4.78 is 0. The van der Waals surface area contributed by atoms with Gasteiger partial charge in [0.05, 0.1) is 0 Å². The van der Waals surface area contributed by atoms with Crippen molar-refractivity contribution >= 4 is 12.6 Å². The summed E-state index contributed by atoms with van der Waals surface area (Å²) in [5.74, 6) is 0.726. The van der Waals surface area contributed by atoms with E-state index < -0.39 is 0 Å². The Morgan fingerprint density at radius 2 is 2.00 bits per heavy atom. The molecule has 0 spiro atoms. The minimum absolute atomic E-state index is 0.394. The van der Waals surface area contributed by atoms with Crippen molar-refractivity contribution in [2.45, 2.75) is 32.4 Å². The third kappa shape index (κ3) is 4.58. The van der Waals surface area contributed by atoms with Gasteiger partial charge in [0.2, 0.25) is 0 Å². The molecule has 1 unspecified atom stereocenters. The van der Waals surface area contributed by atoms with Crippen molar-refractivity contribution in [2.24, 2.45) is 5.92 Å². The van der Waals surface area contributed by atoms with Gasteiger partial charge >= 0.3 is 0 Å². The second kappa shape index (κ2) is 3.99. The molecule has 0 nitrogen and oxygen atoms in total. The highest BCUT2D eigenvalue weighted by atomic mass is 32.1. The van der Waals surface area contributed by atoms with Crippen LogP contribution in [0.4, 0.5) is 0 Å². The average molecular weight is 144 g/mol. The van der Waals surface area contributed by atoms with E-state index in [1.165, 1.54) is 5.57 Å². The number of thiol groups is 1. The molecule has 0 aliphatic carbocycles. The monoisotopic (exact) mass is 144 g/mol. The highest BCUT2D eigenvalue weighted by Crippen LogP contribution is 2.15. The van der Waals surface area contributed by atoms with E-state index in [-0.39, 0.29) is 0 Å². The molecule has 0 aliphatic rings. The third-order valence-corrected chi connectivity index (χ3v) is 1.92. The molecule has 0 aromatic carbocycles. The Morgan fingerprint density at radius 1 is 1.56 bits per heavy atom. The van der Waals surface area contributed by atoms with Crippen molar-refractivity contribution in [3.05, 3.63) is 12.2 Å². The lowest BCUT2D eigenvalue weighted by Crippen LogP contribution is -2.03. The first-order chi connectivity index (χ1) is 4.04. The molecule has 0 saturated heterocycles. The predicted octanol–water partition coefficient (Wildman–Crippen LogP) is 2.91. The summed E-state index contributed by atoms with van der Waals surface area (Å²) >= 11 is 4.36. The quantitative estimate of drug-likeness (QED) is 0.457. The van der Waals surface area contributed by atoms with Gasteiger partial charge in [-0.25, -0.2) is 0 Å². The first-order valence-corrected chi connectivity index (χ1v) is 3.89. The molecule has 0 bridgehead atoms. The van der Waals surface area contributed by atoms with Crippen LogP contribution in [-0.4, -0.2) is 5.25 Å². The summed E-state index contributed by atoms with van der Waals surface area (Å²) in [6.07, 6.45) is 1.14. The van der Waals surface area contributed by atoms with E-state index >= 15 is 0 Å². The molecule has 9 heavy (non-hydrogen) atoms. The summed E-state index contributed by atoms with van der Waals surface area (Å²) in [5, 5.41) is 0.394. The molecule has 0 N–H and O–H groups in total. The Bertz CT molecular complexity index is 94.7. The fourth-order valence-corrected chi connectivity index (χ4v) is 1.07. The molecule has 54 valence electrons. The Kier molecular flexibility index (Phi) is 4.03. The second-order valence-electron chi connectivity index (χ2n) is 2.99. The van der Waals surface area contributed by atoms with Gasteiger partial charge in [-0.2, -0.15) is 12.6 Å². The van der Waals surface area contributed by atoms with Crippen molar-refractivity contribution in [3.8, 4) is 0 Å². The van der Waals surface area contributed by atoms with Crippen molar-refractivity contribution in [3.63, 3.8) is 0 Å². The molecule has 0 aromatic heterocycles. The topological polar surface area (TPSA) is 0 Å². The van der Waals surface area contributed by atoms with Crippen LogP contribution in [0.25, 0.3) is 0 Å². The van der Waals surface area contributed by atoms with E-state index in [1.807, 2.05) is 6.92 Å². The first-order valence-electron chi connectivity index (χ1n) is 3.37. The van der Waals surface area contributed by atoms with Gasteiger partial charge in [0.25, 0.3) is 0 Å². The largest absolute Gasteiger partial charge is 0.171 e. The zero-order chi connectivity index (χ0) is 7.44. The lowest BCUT2D eigenvalue weighted by atomic mass is 10.0. The number of hydrogen-bond acceptors (Lipinski definition) is 1. The number of rotatable bonds is 3. The predicted molar refractivity (Wildman–Crippen MR) is 47.0 cm³/mol. The van der Waals surface area contributed by atoms with E-state index in [0.717, 1.165) is 12.3 Å². The molecule has 0 radical (unpaired) electrons. The highest BCUT2D eigenvalue weighted by Gasteiger charge is 2.04. The maximum Gasteiger partial charge on any atom is 0.0223 e. The van der Waals surface area contributed by atoms with Crippen LogP contribution in [0.5, 0.6) is 0 Å². The zero-order valence-electron chi connectivity index (χ0n) is 6.52. The van der Waals surface area contributed by atoms with E-state index in [9.17, 15) is 0 Å². The lowest BCUT2D eigenvalue weighted by Gasteiger charge is -2.11. The third-order valence-electron chi connectivity index (χ3n) is 1.26. The van der Waals surface area contributed by atoms with Crippen molar-refractivity contribution in [2.75, 3.05) is 0 Å². The second-order valence-corrected chi connectivity index (χ2v) is 3.62. The molecule has 0 aliphatic heterocycles. The fraction of sp³-hybridized carbons (Fsp3) is 0.750. The molecule has 1 atom stereocenters. The van der Waals surface area contributed by atoms with Gasteiger partial charge in [0.15, 0.2) is 0 Å². The Hall–Kier alpha value is 0.0900. The van der Waals surface area contributed by atoms with E-state index in [2.05, 4.69) is 33.1 Å². The summed E-state index contributed by atoms with van der Waals surface area (Å²) in [6, 6.07) is 0. The molecule has 0 rings (SSSR count). The zero-order valence-corrected chi connectivity index (χ0v) is 7.41. The standard InChI is InChI=1S/C8H16S/c1-6(2)5-8(9)7(3)4/h6,8-9H,3,5H2,1-2,4H3. The van der Waals surface area contributed by atoms with Crippen molar-refractivity contribution < 1.29 is 0 Å². The van der Waals surface area contributed by atoms with Gasteiger partial charge in [-0.15, -0.1) is 0 Å². The summed E-state index contributed by atoms with van der Waals surface area (Å²) in [4.78, 5) is 0. The SMILES string of the molecule is C=C(C)C(S)CC(C)C. The molecule has 0 saturated carbocycles. The minimum atomic E-state index is 0.394. The highest BCUT2D eigenvalue weighted by molar-refractivity contribution is 7.81. The molecule has 0 heterocycles. The number of hydrogen-bond donors (Lipinski definition) is 1. The summed E-state index contributed by atoms with van der Waals surface area (Å²) in [6.45, 7) is 10.3. The smallest absolute Gasteiger partial charge is 0.0223 e. The van der Waals surface area contributed by atoms with Crippen LogP contribution in [0.3, 0.4) is 0 Å². The van der Waals surface area contributed by atoms with Crippen LogP contribution >= 0.6 is 12.6 Å². The van der Waals surface area contributed by atoms with Gasteiger partial charge < -0.3 is 0 Å². The van der Waals surface area contributed by atoms with E-state index in [1.54, 1.807) is 0 Å². The van der Waals surface area contributed by atoms with Crippen LogP contribution in [0.15, 0.2) is 12.2 Å². The first kappa shape index (κ1) is 9.09. The Labute approximate surface area is 63.8 Å². The lowest BCUT2D eigenvalue weighted by molar-refractivity contribution is 0.594. The van der Waals surface area contributed by atoms with Crippen LogP contribution in [0.2, 0.25) is 0 Å². The van der Waals surface area contributed by atoms with Crippen LogP contribution in [0, 0.1) is 5.92 Å². The normalized spacial score (nSPS) is 13.9. The van der Waals surface area contributed by atoms with Gasteiger partial charge in [-0.1, -0.05) is 26.0 Å². The van der Waals surface area contributed by atoms with E-state index in [0.29, 0.717) is 5.25 Å². The van der Waals surface area contributed by atoms with Gasteiger partial charge in [-0.05, 0) is 19.3 Å². The fourth-order valence-electron chi connectivity index (χ4n) is 0.648. The molecule has 0 aromatic rings. The molecule has 0 amide bonds. The molecule has 0 fully saturated rings. The summed E-state index contributed by atoms with van der Waals surface area (Å²) in [7, 11) is 0. The van der Waals surface area contributed by atoms with E-state index in [4.69, 9.17) is 0 Å². The van der Waals surface area contributed by atoms with Gasteiger partial charge in [0, 0.05) is 5.25 Å².